The first kappa shape index (κ1) is 7.41. The third-order valence-electron chi connectivity index (χ3n) is 4.38. The van der Waals surface area contributed by atoms with Gasteiger partial charge in [-0.15, -0.1) is 0 Å². The van der Waals surface area contributed by atoms with Crippen LogP contribution >= 0.6 is 0 Å². The number of hydrogen-bond acceptors (Lipinski definition) is 2. The Hall–Kier alpha value is -0.890. The highest BCUT2D eigenvalue weighted by molar-refractivity contribution is 5.96. The van der Waals surface area contributed by atoms with E-state index in [-0.39, 0.29) is 11.5 Å². The zero-order valence-corrected chi connectivity index (χ0v) is 7.85. The summed E-state index contributed by atoms with van der Waals surface area (Å²) in [5.74, 6) is 1.95. The molecule has 2 nitrogen and oxygen atoms in total. The van der Waals surface area contributed by atoms with Crippen LogP contribution in [0, 0.1) is 23.7 Å². The highest BCUT2D eigenvalue weighted by Crippen LogP contribution is 2.57. The molecule has 0 aromatic rings. The average molecular weight is 188 g/mol. The Morgan fingerprint density at radius 1 is 1.36 bits per heavy atom. The SMILES string of the molecule is O=C1C2C=CC(C3CC=CC23)C12CO2. The van der Waals surface area contributed by atoms with Crippen LogP contribution in [-0.2, 0) is 9.53 Å². The number of Topliss-reactive ketones (excluding diaryl/α,β-unsaturated/α-hetero) is 1. The summed E-state index contributed by atoms with van der Waals surface area (Å²) >= 11 is 0. The summed E-state index contributed by atoms with van der Waals surface area (Å²) in [6, 6.07) is 0. The summed E-state index contributed by atoms with van der Waals surface area (Å²) < 4.78 is 5.46. The van der Waals surface area contributed by atoms with Crippen LogP contribution in [0.3, 0.4) is 0 Å². The van der Waals surface area contributed by atoms with Crippen molar-refractivity contribution < 1.29 is 9.53 Å². The Bertz CT molecular complexity index is 376. The van der Waals surface area contributed by atoms with Gasteiger partial charge in [0.2, 0.25) is 0 Å². The predicted octanol–water partition coefficient (Wildman–Crippen LogP) is 1.33. The fourth-order valence-corrected chi connectivity index (χ4v) is 3.60. The van der Waals surface area contributed by atoms with Crippen LogP contribution < -0.4 is 0 Å². The van der Waals surface area contributed by atoms with Crippen LogP contribution in [-0.4, -0.2) is 18.0 Å². The van der Waals surface area contributed by atoms with E-state index < -0.39 is 0 Å². The van der Waals surface area contributed by atoms with Gasteiger partial charge < -0.3 is 4.74 Å². The van der Waals surface area contributed by atoms with Crippen molar-refractivity contribution >= 4 is 5.78 Å². The van der Waals surface area contributed by atoms with Crippen molar-refractivity contribution in [1.82, 2.24) is 0 Å². The van der Waals surface area contributed by atoms with Crippen molar-refractivity contribution in [3.8, 4) is 0 Å². The van der Waals surface area contributed by atoms with Crippen molar-refractivity contribution in [3.05, 3.63) is 24.3 Å². The molecule has 14 heavy (non-hydrogen) atoms. The molecule has 2 fully saturated rings. The molecule has 1 heterocycles. The normalized spacial score (nSPS) is 57.0. The number of hydrogen-bond donors (Lipinski definition) is 0. The second kappa shape index (κ2) is 2.03. The molecule has 5 atom stereocenters. The fourth-order valence-electron chi connectivity index (χ4n) is 3.60. The summed E-state index contributed by atoms with van der Waals surface area (Å²) in [5, 5.41) is 0. The van der Waals surface area contributed by atoms with Gasteiger partial charge in [0.05, 0.1) is 6.61 Å². The van der Waals surface area contributed by atoms with Crippen LogP contribution in [0.4, 0.5) is 0 Å². The molecule has 5 rings (SSSR count). The standard InChI is InChI=1S/C12H12O2/c13-11-9-4-5-10(12(11)6-14-12)8-3-1-2-7(8)9/h1-2,4-5,7-10H,3,6H2. The Kier molecular flexibility index (Phi) is 1.08. The monoisotopic (exact) mass is 188 g/mol. The lowest BCUT2D eigenvalue weighted by Crippen LogP contribution is -2.52. The molecule has 0 N–H and O–H groups in total. The topological polar surface area (TPSA) is 29.6 Å². The zero-order chi connectivity index (χ0) is 9.34. The van der Waals surface area contributed by atoms with Crippen molar-refractivity contribution in [2.45, 2.75) is 12.0 Å². The molecule has 5 aliphatic rings. The third kappa shape index (κ3) is 0.611. The first-order valence-electron chi connectivity index (χ1n) is 5.36. The molecule has 2 bridgehead atoms. The minimum absolute atomic E-state index is 0.117. The van der Waals surface area contributed by atoms with Gasteiger partial charge in [-0.2, -0.15) is 0 Å². The van der Waals surface area contributed by atoms with Gasteiger partial charge in [-0.25, -0.2) is 0 Å². The molecular weight excluding hydrogens is 176 g/mol. The summed E-state index contributed by atoms with van der Waals surface area (Å²) in [5.41, 5.74) is -0.368. The minimum atomic E-state index is -0.368. The van der Waals surface area contributed by atoms with E-state index in [0.29, 0.717) is 30.1 Å². The molecule has 0 aromatic carbocycles. The van der Waals surface area contributed by atoms with Gasteiger partial charge in [-0.1, -0.05) is 24.3 Å². The van der Waals surface area contributed by atoms with E-state index in [0.717, 1.165) is 6.42 Å². The minimum Gasteiger partial charge on any atom is -0.361 e. The van der Waals surface area contributed by atoms with E-state index in [1.807, 2.05) is 0 Å². The van der Waals surface area contributed by atoms with Crippen LogP contribution in [0.2, 0.25) is 0 Å². The number of rotatable bonds is 0. The van der Waals surface area contributed by atoms with Crippen LogP contribution in [0.5, 0.6) is 0 Å². The number of carbonyl (C=O) groups is 1. The number of ketones is 1. The number of allylic oxidation sites excluding steroid dienone is 3. The summed E-state index contributed by atoms with van der Waals surface area (Å²) in [6.45, 7) is 0.667. The maximum Gasteiger partial charge on any atom is 0.175 e. The van der Waals surface area contributed by atoms with E-state index in [4.69, 9.17) is 4.74 Å². The number of epoxide rings is 1. The first-order chi connectivity index (χ1) is 6.83. The molecule has 0 radical (unpaired) electrons. The van der Waals surface area contributed by atoms with Gasteiger partial charge in [0, 0.05) is 11.8 Å². The van der Waals surface area contributed by atoms with Crippen molar-refractivity contribution in [3.63, 3.8) is 0 Å². The van der Waals surface area contributed by atoms with E-state index in [1.54, 1.807) is 0 Å². The van der Waals surface area contributed by atoms with Gasteiger partial charge in [0.25, 0.3) is 0 Å². The van der Waals surface area contributed by atoms with Crippen molar-refractivity contribution in [2.24, 2.45) is 23.7 Å². The first-order valence-corrected chi connectivity index (χ1v) is 5.36. The summed E-state index contributed by atoms with van der Waals surface area (Å²) in [4.78, 5) is 12.1. The molecule has 1 spiro atoms. The maximum atomic E-state index is 12.1. The molecule has 72 valence electrons. The average Bonchev–Trinajstić information content (AvgIpc) is 2.81. The van der Waals surface area contributed by atoms with Crippen LogP contribution in [0.25, 0.3) is 0 Å². The Balaban J connectivity index is 1.88. The van der Waals surface area contributed by atoms with Crippen molar-refractivity contribution in [1.29, 1.82) is 0 Å². The molecular formula is C12H12O2. The maximum absolute atomic E-state index is 12.1. The lowest BCUT2D eigenvalue weighted by Gasteiger charge is -2.44. The third-order valence-corrected chi connectivity index (χ3v) is 4.38. The molecule has 5 unspecified atom stereocenters. The molecule has 0 aromatic heterocycles. The van der Waals surface area contributed by atoms with Crippen LogP contribution in [0.15, 0.2) is 24.3 Å². The second-order valence-corrected chi connectivity index (χ2v) is 4.88. The van der Waals surface area contributed by atoms with E-state index >= 15 is 0 Å². The van der Waals surface area contributed by atoms with Gasteiger partial charge in [-0.05, 0) is 18.3 Å². The molecule has 1 saturated carbocycles. The fraction of sp³-hybridized carbons (Fsp3) is 0.583. The Morgan fingerprint density at radius 3 is 3.00 bits per heavy atom. The Labute approximate surface area is 82.6 Å². The summed E-state index contributed by atoms with van der Waals surface area (Å²) in [7, 11) is 0. The van der Waals surface area contributed by atoms with E-state index in [2.05, 4.69) is 24.3 Å². The number of carbonyl (C=O) groups excluding carboxylic acids is 1. The lowest BCUT2D eigenvalue weighted by molar-refractivity contribution is -0.135. The van der Waals surface area contributed by atoms with Gasteiger partial charge in [0.1, 0.15) is 0 Å². The van der Waals surface area contributed by atoms with E-state index in [1.165, 1.54) is 0 Å². The molecule has 2 heteroatoms. The predicted molar refractivity (Wildman–Crippen MR) is 50.5 cm³/mol. The largest absolute Gasteiger partial charge is 0.361 e. The van der Waals surface area contributed by atoms with Gasteiger partial charge >= 0.3 is 0 Å². The van der Waals surface area contributed by atoms with Gasteiger partial charge in [-0.3, -0.25) is 4.79 Å². The van der Waals surface area contributed by atoms with Gasteiger partial charge in [0.15, 0.2) is 11.4 Å². The van der Waals surface area contributed by atoms with Crippen LogP contribution in [0.1, 0.15) is 6.42 Å². The smallest absolute Gasteiger partial charge is 0.175 e. The van der Waals surface area contributed by atoms with E-state index in [9.17, 15) is 4.79 Å². The zero-order valence-electron chi connectivity index (χ0n) is 7.85. The highest BCUT2D eigenvalue weighted by atomic mass is 16.6. The molecule has 0 amide bonds. The Morgan fingerprint density at radius 2 is 2.21 bits per heavy atom. The second-order valence-electron chi connectivity index (χ2n) is 4.88. The number of ether oxygens (including phenoxy) is 1. The molecule has 1 aliphatic heterocycles. The van der Waals surface area contributed by atoms with Crippen molar-refractivity contribution in [2.75, 3.05) is 6.61 Å². The highest BCUT2D eigenvalue weighted by Gasteiger charge is 2.67. The molecule has 4 aliphatic carbocycles. The lowest BCUT2D eigenvalue weighted by atomic mass is 9.58. The summed E-state index contributed by atoms with van der Waals surface area (Å²) in [6.07, 6.45) is 9.94. The quantitative estimate of drug-likeness (QED) is 0.424. The molecule has 1 saturated heterocycles.